The summed E-state index contributed by atoms with van der Waals surface area (Å²) < 4.78 is 1.74. The van der Waals surface area contributed by atoms with E-state index in [4.69, 9.17) is 5.73 Å². The highest BCUT2D eigenvalue weighted by Gasteiger charge is 2.26. The summed E-state index contributed by atoms with van der Waals surface area (Å²) >= 11 is 0. The van der Waals surface area contributed by atoms with Gasteiger partial charge in [0.15, 0.2) is 0 Å². The molecule has 2 N–H and O–H groups in total. The van der Waals surface area contributed by atoms with E-state index in [-0.39, 0.29) is 17.9 Å². The van der Waals surface area contributed by atoms with E-state index in [0.717, 1.165) is 44.3 Å². The number of carbonyl (C=O) groups is 3. The van der Waals surface area contributed by atoms with Crippen LogP contribution in [0.4, 0.5) is 0 Å². The molecule has 1 unspecified atom stereocenters. The number of piperidine rings is 2. The molecule has 8 nitrogen and oxygen atoms in total. The summed E-state index contributed by atoms with van der Waals surface area (Å²) in [6.45, 7) is 6.35. The van der Waals surface area contributed by atoms with Gasteiger partial charge in [0.1, 0.15) is 5.69 Å². The first-order valence-electron chi connectivity index (χ1n) is 11.2. The van der Waals surface area contributed by atoms with Crippen molar-refractivity contribution in [2.45, 2.75) is 38.1 Å². The van der Waals surface area contributed by atoms with Crippen LogP contribution in [0.5, 0.6) is 0 Å². The van der Waals surface area contributed by atoms with Gasteiger partial charge in [-0.1, -0.05) is 18.7 Å². The molecule has 2 fully saturated rings. The quantitative estimate of drug-likeness (QED) is 0.730. The lowest BCUT2D eigenvalue weighted by Gasteiger charge is -2.32. The summed E-state index contributed by atoms with van der Waals surface area (Å²) in [6.07, 6.45) is 7.93. The van der Waals surface area contributed by atoms with Gasteiger partial charge < -0.3 is 15.5 Å². The number of aromatic nitrogens is 2. The van der Waals surface area contributed by atoms with Crippen molar-refractivity contribution in [1.82, 2.24) is 19.6 Å². The maximum atomic E-state index is 12.7. The van der Waals surface area contributed by atoms with Crippen LogP contribution in [-0.2, 0) is 4.79 Å². The number of nitrogens with two attached hydrogens (primary N) is 1. The number of likely N-dealkylation sites (tertiary alicyclic amines) is 2. The Balaban J connectivity index is 1.57. The predicted octanol–water partition coefficient (Wildman–Crippen LogP) is 2.62. The molecule has 2 aliphatic rings. The van der Waals surface area contributed by atoms with Crippen LogP contribution < -0.4 is 5.73 Å². The van der Waals surface area contributed by atoms with Gasteiger partial charge in [0.25, 0.3) is 11.8 Å². The Morgan fingerprint density at radius 1 is 1.00 bits per heavy atom. The lowest BCUT2D eigenvalue weighted by atomic mass is 10.0. The van der Waals surface area contributed by atoms with Gasteiger partial charge in [-0.05, 0) is 50.3 Å². The van der Waals surface area contributed by atoms with Crippen LogP contribution >= 0.6 is 0 Å². The molecule has 4 rings (SSSR count). The van der Waals surface area contributed by atoms with E-state index in [1.54, 1.807) is 27.9 Å². The number of benzene rings is 1. The maximum Gasteiger partial charge on any atom is 0.253 e. The van der Waals surface area contributed by atoms with Crippen molar-refractivity contribution in [1.29, 1.82) is 0 Å². The summed E-state index contributed by atoms with van der Waals surface area (Å²) in [7, 11) is 0. The number of amides is 3. The zero-order valence-corrected chi connectivity index (χ0v) is 18.2. The Labute approximate surface area is 187 Å². The van der Waals surface area contributed by atoms with Gasteiger partial charge in [0.05, 0.1) is 11.6 Å². The molecular weight excluding hydrogens is 406 g/mol. The smallest absolute Gasteiger partial charge is 0.253 e. The van der Waals surface area contributed by atoms with Crippen LogP contribution in [0.15, 0.2) is 43.1 Å². The van der Waals surface area contributed by atoms with E-state index >= 15 is 0 Å². The summed E-state index contributed by atoms with van der Waals surface area (Å²) in [5.74, 6) is -0.633. The fourth-order valence-corrected chi connectivity index (χ4v) is 4.52. The van der Waals surface area contributed by atoms with Crippen LogP contribution in [-0.4, -0.2) is 63.5 Å². The summed E-state index contributed by atoms with van der Waals surface area (Å²) in [5.41, 5.74) is 7.80. The van der Waals surface area contributed by atoms with Crippen molar-refractivity contribution in [2.75, 3.05) is 26.2 Å². The molecule has 0 spiro atoms. The SMILES string of the molecule is C=CC(=O)N1CCCC(n2cc(C(N)=O)c(-c3ccc(C(=O)N4CCCCC4)cc3)n2)C1. The number of nitrogens with zero attached hydrogens (tertiary/aromatic N) is 4. The van der Waals surface area contributed by atoms with Gasteiger partial charge in [-0.15, -0.1) is 0 Å². The molecule has 2 aromatic rings. The zero-order chi connectivity index (χ0) is 22.7. The summed E-state index contributed by atoms with van der Waals surface area (Å²) in [6, 6.07) is 7.14. The molecule has 0 saturated carbocycles. The number of hydrogen-bond acceptors (Lipinski definition) is 4. The first-order valence-corrected chi connectivity index (χ1v) is 11.2. The molecule has 0 radical (unpaired) electrons. The molecule has 2 aliphatic heterocycles. The first kappa shape index (κ1) is 21.8. The van der Waals surface area contributed by atoms with E-state index in [2.05, 4.69) is 11.7 Å². The average Bonchev–Trinajstić information content (AvgIpc) is 3.30. The third-order valence-electron chi connectivity index (χ3n) is 6.30. The highest BCUT2D eigenvalue weighted by molar-refractivity contribution is 5.99. The number of primary amides is 1. The Morgan fingerprint density at radius 2 is 1.69 bits per heavy atom. The first-order chi connectivity index (χ1) is 15.5. The van der Waals surface area contributed by atoms with Crippen molar-refractivity contribution < 1.29 is 14.4 Å². The van der Waals surface area contributed by atoms with Gasteiger partial charge >= 0.3 is 0 Å². The minimum atomic E-state index is -0.561. The van der Waals surface area contributed by atoms with Gasteiger partial charge in [0, 0.05) is 43.5 Å². The fraction of sp³-hybridized carbons (Fsp3) is 0.417. The monoisotopic (exact) mass is 435 g/mol. The molecular formula is C24H29N5O3. The second-order valence-corrected chi connectivity index (χ2v) is 8.45. The van der Waals surface area contributed by atoms with Crippen LogP contribution in [0.3, 0.4) is 0 Å². The minimum absolute atomic E-state index is 0.0334. The van der Waals surface area contributed by atoms with Crippen LogP contribution in [0.1, 0.15) is 58.9 Å². The standard InChI is InChI=1S/C24H29N5O3/c1-2-21(30)28-14-6-7-19(15-28)29-16-20(23(25)31)22(26-29)17-8-10-18(11-9-17)24(32)27-12-4-3-5-13-27/h2,8-11,16,19H,1,3-7,12-15H2,(H2,25,31). The van der Waals surface area contributed by atoms with Gasteiger partial charge in [-0.25, -0.2) is 0 Å². The number of hydrogen-bond donors (Lipinski definition) is 1. The highest BCUT2D eigenvalue weighted by atomic mass is 16.2. The molecule has 168 valence electrons. The Bertz CT molecular complexity index is 1020. The molecule has 3 amide bonds. The lowest BCUT2D eigenvalue weighted by molar-refractivity contribution is -0.127. The Morgan fingerprint density at radius 3 is 2.34 bits per heavy atom. The van der Waals surface area contributed by atoms with E-state index in [1.807, 2.05) is 17.0 Å². The van der Waals surface area contributed by atoms with E-state index < -0.39 is 5.91 Å². The van der Waals surface area contributed by atoms with Crippen LogP contribution in [0.25, 0.3) is 11.3 Å². The largest absolute Gasteiger partial charge is 0.365 e. The normalized spacial score (nSPS) is 18.9. The summed E-state index contributed by atoms with van der Waals surface area (Å²) in [4.78, 5) is 40.5. The molecule has 1 aromatic carbocycles. The third kappa shape index (κ3) is 4.44. The molecule has 0 aliphatic carbocycles. The third-order valence-corrected chi connectivity index (χ3v) is 6.30. The molecule has 32 heavy (non-hydrogen) atoms. The molecule has 1 aromatic heterocycles. The molecule has 2 saturated heterocycles. The van der Waals surface area contributed by atoms with E-state index in [0.29, 0.717) is 29.9 Å². The Hall–Kier alpha value is -3.42. The van der Waals surface area contributed by atoms with Gasteiger partial charge in [-0.3, -0.25) is 19.1 Å². The lowest BCUT2D eigenvalue weighted by Crippen LogP contribution is -2.40. The molecule has 3 heterocycles. The number of rotatable bonds is 5. The second-order valence-electron chi connectivity index (χ2n) is 8.45. The van der Waals surface area contributed by atoms with Crippen molar-refractivity contribution in [3.05, 3.63) is 54.2 Å². The van der Waals surface area contributed by atoms with Gasteiger partial charge in [0.2, 0.25) is 5.91 Å². The van der Waals surface area contributed by atoms with E-state index in [9.17, 15) is 14.4 Å². The van der Waals surface area contributed by atoms with Crippen molar-refractivity contribution in [2.24, 2.45) is 5.73 Å². The molecule has 0 bridgehead atoms. The van der Waals surface area contributed by atoms with Crippen molar-refractivity contribution in [3.63, 3.8) is 0 Å². The zero-order valence-electron chi connectivity index (χ0n) is 18.2. The highest BCUT2D eigenvalue weighted by Crippen LogP contribution is 2.28. The van der Waals surface area contributed by atoms with Crippen molar-refractivity contribution >= 4 is 17.7 Å². The van der Waals surface area contributed by atoms with Crippen LogP contribution in [0, 0.1) is 0 Å². The predicted molar refractivity (Wildman–Crippen MR) is 121 cm³/mol. The minimum Gasteiger partial charge on any atom is -0.365 e. The topological polar surface area (TPSA) is 102 Å². The van der Waals surface area contributed by atoms with Crippen molar-refractivity contribution in [3.8, 4) is 11.3 Å². The summed E-state index contributed by atoms with van der Waals surface area (Å²) in [5, 5.41) is 4.67. The second kappa shape index (κ2) is 9.38. The maximum absolute atomic E-state index is 12.7. The van der Waals surface area contributed by atoms with E-state index in [1.165, 1.54) is 12.5 Å². The van der Waals surface area contributed by atoms with Crippen LogP contribution in [0.2, 0.25) is 0 Å². The Kier molecular flexibility index (Phi) is 6.39. The average molecular weight is 436 g/mol. The van der Waals surface area contributed by atoms with Gasteiger partial charge in [-0.2, -0.15) is 5.10 Å². The molecule has 8 heteroatoms. The fourth-order valence-electron chi connectivity index (χ4n) is 4.52. The number of carbonyl (C=O) groups excluding carboxylic acids is 3. The molecule has 1 atom stereocenters.